The molecule has 0 saturated heterocycles. The van der Waals surface area contributed by atoms with Crippen molar-refractivity contribution in [3.05, 3.63) is 35.0 Å². The minimum atomic E-state index is 0.380. The fourth-order valence-corrected chi connectivity index (χ4v) is 0.912. The lowest BCUT2D eigenvalue weighted by Crippen LogP contribution is -1.83. The Labute approximate surface area is 62.2 Å². The highest BCUT2D eigenvalue weighted by Gasteiger charge is 1.97. The van der Waals surface area contributed by atoms with E-state index in [-0.39, 0.29) is 0 Å². The van der Waals surface area contributed by atoms with Gasteiger partial charge in [-0.25, -0.2) is 0 Å². The number of hydrogen-bond acceptors (Lipinski definition) is 1. The van der Waals surface area contributed by atoms with Crippen molar-refractivity contribution in [1.29, 1.82) is 0 Å². The molecular weight excluding hydrogens is 123 g/mol. The van der Waals surface area contributed by atoms with E-state index in [2.05, 4.69) is 13.0 Å². The van der Waals surface area contributed by atoms with Crippen LogP contribution in [-0.4, -0.2) is 13.0 Å². The summed E-state index contributed by atoms with van der Waals surface area (Å²) in [5, 5.41) is 9.13. The lowest BCUT2D eigenvalue weighted by molar-refractivity contribution is 0.430. The highest BCUT2D eigenvalue weighted by molar-refractivity contribution is 6.24. The molecule has 1 rings (SSSR count). The van der Waals surface area contributed by atoms with Crippen LogP contribution in [0.15, 0.2) is 35.0 Å². The molecule has 52 valence electrons. The molecule has 0 amide bonds. The van der Waals surface area contributed by atoms with Crippen LogP contribution < -0.4 is 0 Å². The van der Waals surface area contributed by atoms with Gasteiger partial charge in [-0.05, 0) is 25.5 Å². The summed E-state index contributed by atoms with van der Waals surface area (Å²) in [5.41, 5.74) is 2.39. The van der Waals surface area contributed by atoms with E-state index in [1.807, 2.05) is 7.85 Å². The molecule has 0 fully saturated rings. The van der Waals surface area contributed by atoms with Gasteiger partial charge in [0.15, 0.2) is 0 Å². The Morgan fingerprint density at radius 2 is 2.20 bits per heavy atom. The summed E-state index contributed by atoms with van der Waals surface area (Å²) in [4.78, 5) is 0. The van der Waals surface area contributed by atoms with Crippen LogP contribution in [0, 0.1) is 0 Å². The van der Waals surface area contributed by atoms with Gasteiger partial charge in [-0.15, -0.1) is 0 Å². The smallest absolute Gasteiger partial charge is 0.139 e. The van der Waals surface area contributed by atoms with Crippen LogP contribution in [0.3, 0.4) is 0 Å². The molecular formula is C8H11BO. The van der Waals surface area contributed by atoms with E-state index in [9.17, 15) is 0 Å². The van der Waals surface area contributed by atoms with Crippen molar-refractivity contribution < 1.29 is 5.11 Å². The molecule has 1 N–H and O–H groups in total. The SMILES string of the molecule is BC1=CC(O)=CCC=C1C. The van der Waals surface area contributed by atoms with Crippen LogP contribution in [0.1, 0.15) is 13.3 Å². The van der Waals surface area contributed by atoms with Crippen LogP contribution in [0.4, 0.5) is 0 Å². The summed E-state index contributed by atoms with van der Waals surface area (Å²) >= 11 is 0. The van der Waals surface area contributed by atoms with Gasteiger partial charge in [-0.1, -0.05) is 17.1 Å². The number of allylic oxidation sites excluding steroid dienone is 5. The molecule has 0 aromatic heterocycles. The van der Waals surface area contributed by atoms with Gasteiger partial charge in [0.25, 0.3) is 0 Å². The predicted molar refractivity (Wildman–Crippen MR) is 45.7 cm³/mol. The maximum absolute atomic E-state index is 9.13. The second-order valence-corrected chi connectivity index (χ2v) is 2.58. The molecule has 0 spiro atoms. The van der Waals surface area contributed by atoms with Crippen molar-refractivity contribution in [2.45, 2.75) is 13.3 Å². The van der Waals surface area contributed by atoms with Crippen LogP contribution in [0.25, 0.3) is 0 Å². The normalized spacial score (nSPS) is 18.7. The molecule has 1 nitrogen and oxygen atoms in total. The molecule has 0 aliphatic heterocycles. The first-order chi connectivity index (χ1) is 4.70. The molecule has 0 bridgehead atoms. The van der Waals surface area contributed by atoms with Gasteiger partial charge in [0.1, 0.15) is 13.6 Å². The van der Waals surface area contributed by atoms with E-state index >= 15 is 0 Å². The van der Waals surface area contributed by atoms with E-state index in [1.54, 1.807) is 12.2 Å². The first-order valence-electron chi connectivity index (χ1n) is 3.44. The van der Waals surface area contributed by atoms with Gasteiger partial charge >= 0.3 is 0 Å². The van der Waals surface area contributed by atoms with Crippen LogP contribution >= 0.6 is 0 Å². The molecule has 0 aromatic carbocycles. The first kappa shape index (κ1) is 7.20. The van der Waals surface area contributed by atoms with Crippen molar-refractivity contribution in [3.8, 4) is 0 Å². The third-order valence-corrected chi connectivity index (χ3v) is 1.74. The molecule has 0 aromatic rings. The molecule has 0 radical (unpaired) electrons. The minimum absolute atomic E-state index is 0.380. The molecule has 1 aliphatic rings. The van der Waals surface area contributed by atoms with Crippen LogP contribution in [-0.2, 0) is 0 Å². The Morgan fingerprint density at radius 3 is 2.90 bits per heavy atom. The van der Waals surface area contributed by atoms with Crippen LogP contribution in [0.5, 0.6) is 0 Å². The molecule has 0 heterocycles. The summed E-state index contributed by atoms with van der Waals surface area (Å²) in [6.45, 7) is 2.05. The summed E-state index contributed by atoms with van der Waals surface area (Å²) in [6, 6.07) is 0. The largest absolute Gasteiger partial charge is 0.508 e. The van der Waals surface area contributed by atoms with E-state index < -0.39 is 0 Å². The molecule has 2 heteroatoms. The van der Waals surface area contributed by atoms with Gasteiger partial charge < -0.3 is 5.11 Å². The first-order valence-corrected chi connectivity index (χ1v) is 3.44. The maximum Gasteiger partial charge on any atom is 0.139 e. The van der Waals surface area contributed by atoms with Gasteiger partial charge in [0.05, 0.1) is 0 Å². The standard InChI is InChI=1S/C8H11BO/c1-6-3-2-4-7(10)5-8(6)9/h3-5,10H,2,9H2,1H3. The van der Waals surface area contributed by atoms with E-state index in [4.69, 9.17) is 5.11 Å². The fourth-order valence-electron chi connectivity index (χ4n) is 0.912. The van der Waals surface area contributed by atoms with Gasteiger partial charge in [0.2, 0.25) is 0 Å². The minimum Gasteiger partial charge on any atom is -0.508 e. The zero-order chi connectivity index (χ0) is 7.56. The molecule has 1 aliphatic carbocycles. The van der Waals surface area contributed by atoms with Crippen molar-refractivity contribution in [3.63, 3.8) is 0 Å². The molecule has 0 saturated carbocycles. The van der Waals surface area contributed by atoms with Crippen LogP contribution in [0.2, 0.25) is 0 Å². The zero-order valence-corrected chi connectivity index (χ0v) is 6.39. The highest BCUT2D eigenvalue weighted by Crippen LogP contribution is 2.13. The zero-order valence-electron chi connectivity index (χ0n) is 6.39. The number of aliphatic hydroxyl groups excluding tert-OH is 1. The van der Waals surface area contributed by atoms with Crippen molar-refractivity contribution in [2.75, 3.05) is 0 Å². The average Bonchev–Trinajstić information content (AvgIpc) is 1.96. The number of aliphatic hydroxyl groups is 1. The third-order valence-electron chi connectivity index (χ3n) is 1.74. The number of rotatable bonds is 0. The summed E-state index contributed by atoms with van der Waals surface area (Å²) < 4.78 is 0. The topological polar surface area (TPSA) is 20.2 Å². The Morgan fingerprint density at radius 1 is 1.50 bits per heavy atom. The second kappa shape index (κ2) is 2.78. The van der Waals surface area contributed by atoms with Gasteiger partial charge in [-0.3, -0.25) is 0 Å². The Kier molecular flexibility index (Phi) is 2.00. The average molecular weight is 134 g/mol. The molecule has 10 heavy (non-hydrogen) atoms. The number of hydrogen-bond donors (Lipinski definition) is 1. The summed E-state index contributed by atoms with van der Waals surface area (Å²) in [5.74, 6) is 0.380. The summed E-state index contributed by atoms with van der Waals surface area (Å²) in [7, 11) is 2.00. The third kappa shape index (κ3) is 1.53. The maximum atomic E-state index is 9.13. The van der Waals surface area contributed by atoms with E-state index in [1.165, 1.54) is 5.57 Å². The van der Waals surface area contributed by atoms with Crippen molar-refractivity contribution in [2.24, 2.45) is 0 Å². The van der Waals surface area contributed by atoms with Gasteiger partial charge in [0, 0.05) is 0 Å². The van der Waals surface area contributed by atoms with Crippen molar-refractivity contribution in [1.82, 2.24) is 0 Å². The quantitative estimate of drug-likeness (QED) is 0.495. The monoisotopic (exact) mass is 134 g/mol. The highest BCUT2D eigenvalue weighted by atomic mass is 16.3. The van der Waals surface area contributed by atoms with E-state index in [0.717, 1.165) is 11.9 Å². The van der Waals surface area contributed by atoms with E-state index in [0.29, 0.717) is 5.76 Å². The Hall–Kier alpha value is -0.915. The van der Waals surface area contributed by atoms with Crippen molar-refractivity contribution >= 4 is 7.85 Å². The summed E-state index contributed by atoms with van der Waals surface area (Å²) in [6.07, 6.45) is 6.54. The lowest BCUT2D eigenvalue weighted by Gasteiger charge is -1.96. The fraction of sp³-hybridized carbons (Fsp3) is 0.250. The second-order valence-electron chi connectivity index (χ2n) is 2.58. The predicted octanol–water partition coefficient (Wildman–Crippen LogP) is 1.30. The molecule has 0 unspecified atom stereocenters. The van der Waals surface area contributed by atoms with Gasteiger partial charge in [-0.2, -0.15) is 0 Å². The lowest BCUT2D eigenvalue weighted by atomic mass is 9.89. The molecule has 0 atom stereocenters. The Bertz CT molecular complexity index is 223. The Balaban J connectivity index is 2.92.